The first-order chi connectivity index (χ1) is 9.95. The molecule has 0 radical (unpaired) electrons. The summed E-state index contributed by atoms with van der Waals surface area (Å²) in [5.41, 5.74) is 1.56. The lowest BCUT2D eigenvalue weighted by Gasteiger charge is -2.10. The molecular formula is C16H17NO4. The number of anilines is 1. The Bertz CT molecular complexity index is 643. The Morgan fingerprint density at radius 2 is 1.86 bits per heavy atom. The van der Waals surface area contributed by atoms with Crippen LogP contribution in [0.25, 0.3) is 0 Å². The highest BCUT2D eigenvalue weighted by atomic mass is 16.4. The van der Waals surface area contributed by atoms with Gasteiger partial charge in [0.05, 0.1) is 6.42 Å². The monoisotopic (exact) mass is 287 g/mol. The molecule has 0 fully saturated rings. The van der Waals surface area contributed by atoms with Crippen molar-refractivity contribution in [2.24, 2.45) is 0 Å². The fourth-order valence-electron chi connectivity index (χ4n) is 2.02. The van der Waals surface area contributed by atoms with Crippen molar-refractivity contribution in [3.8, 4) is 0 Å². The molecule has 2 aromatic rings. The molecule has 1 heterocycles. The van der Waals surface area contributed by atoms with Crippen molar-refractivity contribution in [3.63, 3.8) is 0 Å². The third-order valence-electron chi connectivity index (χ3n) is 3.18. The number of amides is 1. The summed E-state index contributed by atoms with van der Waals surface area (Å²) in [6.07, 6.45) is 0.0807. The van der Waals surface area contributed by atoms with Crippen LogP contribution in [0.2, 0.25) is 0 Å². The van der Waals surface area contributed by atoms with Crippen LogP contribution in [0.15, 0.2) is 40.8 Å². The van der Waals surface area contributed by atoms with E-state index in [1.54, 1.807) is 31.2 Å². The molecule has 1 aromatic carbocycles. The maximum Gasteiger partial charge on any atom is 0.303 e. The van der Waals surface area contributed by atoms with E-state index in [4.69, 9.17) is 9.52 Å². The lowest BCUT2D eigenvalue weighted by molar-refractivity contribution is -0.137. The van der Waals surface area contributed by atoms with E-state index in [0.717, 1.165) is 5.56 Å². The molecule has 0 aliphatic rings. The zero-order valence-electron chi connectivity index (χ0n) is 11.9. The number of carbonyl (C=O) groups excluding carboxylic acids is 1. The maximum absolute atomic E-state index is 11.9. The fourth-order valence-corrected chi connectivity index (χ4v) is 2.02. The highest BCUT2D eigenvalue weighted by molar-refractivity contribution is 6.02. The molecule has 2 N–H and O–H groups in total. The van der Waals surface area contributed by atoms with Crippen molar-refractivity contribution in [2.45, 2.75) is 26.2 Å². The largest absolute Gasteiger partial charge is 0.481 e. The van der Waals surface area contributed by atoms with Gasteiger partial charge in [-0.3, -0.25) is 9.59 Å². The average Bonchev–Trinajstić information content (AvgIpc) is 2.85. The Morgan fingerprint density at radius 1 is 1.19 bits per heavy atom. The molecule has 110 valence electrons. The Labute approximate surface area is 122 Å². The predicted molar refractivity (Wildman–Crippen MR) is 78.5 cm³/mol. The van der Waals surface area contributed by atoms with Crippen LogP contribution in [0.3, 0.4) is 0 Å². The van der Waals surface area contributed by atoms with Crippen LogP contribution in [-0.2, 0) is 4.79 Å². The van der Waals surface area contributed by atoms with Gasteiger partial charge in [-0.1, -0.05) is 19.1 Å². The van der Waals surface area contributed by atoms with Gasteiger partial charge in [0.15, 0.2) is 5.76 Å². The molecule has 0 saturated heterocycles. The summed E-state index contributed by atoms with van der Waals surface area (Å²) in [5.74, 6) is -0.267. The molecule has 1 unspecified atom stereocenters. The van der Waals surface area contributed by atoms with E-state index < -0.39 is 5.97 Å². The van der Waals surface area contributed by atoms with Gasteiger partial charge in [-0.05, 0) is 42.7 Å². The van der Waals surface area contributed by atoms with Crippen molar-refractivity contribution in [3.05, 3.63) is 53.5 Å². The minimum absolute atomic E-state index is 0.0695. The molecule has 21 heavy (non-hydrogen) atoms. The lowest BCUT2D eigenvalue weighted by atomic mass is 9.98. The zero-order valence-corrected chi connectivity index (χ0v) is 11.9. The fraction of sp³-hybridized carbons (Fsp3) is 0.250. The quantitative estimate of drug-likeness (QED) is 0.883. The van der Waals surface area contributed by atoms with Crippen molar-refractivity contribution in [1.82, 2.24) is 0 Å². The first-order valence-electron chi connectivity index (χ1n) is 6.65. The van der Waals surface area contributed by atoms with E-state index in [1.807, 2.05) is 19.1 Å². The number of furan rings is 1. The van der Waals surface area contributed by atoms with Crippen molar-refractivity contribution in [1.29, 1.82) is 0 Å². The van der Waals surface area contributed by atoms with Gasteiger partial charge < -0.3 is 14.8 Å². The summed E-state index contributed by atoms with van der Waals surface area (Å²) < 4.78 is 5.25. The van der Waals surface area contributed by atoms with Crippen LogP contribution in [0.4, 0.5) is 5.69 Å². The third-order valence-corrected chi connectivity index (χ3v) is 3.18. The third kappa shape index (κ3) is 3.95. The molecule has 1 atom stereocenters. The second-order valence-corrected chi connectivity index (χ2v) is 4.99. The molecule has 5 heteroatoms. The predicted octanol–water partition coefficient (Wildman–Crippen LogP) is 3.42. The SMILES string of the molecule is Cc1ccc(C(=O)Nc2ccc(C(C)CC(=O)O)cc2)o1. The average molecular weight is 287 g/mol. The molecule has 0 aliphatic carbocycles. The summed E-state index contributed by atoms with van der Waals surface area (Å²) >= 11 is 0. The molecule has 2 rings (SSSR count). The Morgan fingerprint density at radius 3 is 2.38 bits per heavy atom. The van der Waals surface area contributed by atoms with Gasteiger partial charge in [-0.25, -0.2) is 0 Å². The molecule has 0 bridgehead atoms. The minimum atomic E-state index is -0.826. The van der Waals surface area contributed by atoms with Crippen LogP contribution in [-0.4, -0.2) is 17.0 Å². The number of carboxylic acids is 1. The lowest BCUT2D eigenvalue weighted by Crippen LogP contribution is -2.11. The van der Waals surface area contributed by atoms with E-state index >= 15 is 0 Å². The molecule has 1 aromatic heterocycles. The Hall–Kier alpha value is -2.56. The summed E-state index contributed by atoms with van der Waals surface area (Å²) in [6, 6.07) is 10.5. The van der Waals surface area contributed by atoms with Gasteiger partial charge in [-0.2, -0.15) is 0 Å². The van der Waals surface area contributed by atoms with Gasteiger partial charge in [-0.15, -0.1) is 0 Å². The van der Waals surface area contributed by atoms with Crippen LogP contribution < -0.4 is 5.32 Å². The molecule has 1 amide bonds. The number of aryl methyl sites for hydroxylation is 1. The smallest absolute Gasteiger partial charge is 0.303 e. The number of hydrogen-bond acceptors (Lipinski definition) is 3. The number of carboxylic acid groups (broad SMARTS) is 1. The summed E-state index contributed by atoms with van der Waals surface area (Å²) in [7, 11) is 0. The van der Waals surface area contributed by atoms with E-state index in [-0.39, 0.29) is 24.0 Å². The Balaban J connectivity index is 2.02. The van der Waals surface area contributed by atoms with Gasteiger partial charge in [0.25, 0.3) is 5.91 Å². The molecule has 0 aliphatic heterocycles. The summed E-state index contributed by atoms with van der Waals surface area (Å²) in [4.78, 5) is 22.6. The minimum Gasteiger partial charge on any atom is -0.481 e. The Kier molecular flexibility index (Phi) is 4.42. The second-order valence-electron chi connectivity index (χ2n) is 4.99. The van der Waals surface area contributed by atoms with Crippen LogP contribution in [0.5, 0.6) is 0 Å². The number of carbonyl (C=O) groups is 2. The first-order valence-corrected chi connectivity index (χ1v) is 6.65. The molecule has 0 spiro atoms. The normalized spacial score (nSPS) is 11.9. The molecule has 0 saturated carbocycles. The summed E-state index contributed by atoms with van der Waals surface area (Å²) in [5, 5.41) is 11.5. The van der Waals surface area contributed by atoms with E-state index in [0.29, 0.717) is 11.4 Å². The number of aliphatic carboxylic acids is 1. The number of hydrogen-bond donors (Lipinski definition) is 2. The van der Waals surface area contributed by atoms with Gasteiger partial charge >= 0.3 is 5.97 Å². The first kappa shape index (κ1) is 14.8. The number of nitrogens with one attached hydrogen (secondary N) is 1. The van der Waals surface area contributed by atoms with Crippen LogP contribution >= 0.6 is 0 Å². The zero-order chi connectivity index (χ0) is 15.4. The van der Waals surface area contributed by atoms with Gasteiger partial charge in [0.2, 0.25) is 0 Å². The second kappa shape index (κ2) is 6.26. The highest BCUT2D eigenvalue weighted by Crippen LogP contribution is 2.21. The number of rotatable bonds is 5. The van der Waals surface area contributed by atoms with Crippen LogP contribution in [0, 0.1) is 6.92 Å². The van der Waals surface area contributed by atoms with Crippen molar-refractivity contribution in [2.75, 3.05) is 5.32 Å². The van der Waals surface area contributed by atoms with E-state index in [2.05, 4.69) is 5.32 Å². The van der Waals surface area contributed by atoms with Crippen molar-refractivity contribution < 1.29 is 19.1 Å². The van der Waals surface area contributed by atoms with Gasteiger partial charge in [0.1, 0.15) is 5.76 Å². The van der Waals surface area contributed by atoms with Gasteiger partial charge in [0, 0.05) is 5.69 Å². The van der Waals surface area contributed by atoms with E-state index in [9.17, 15) is 9.59 Å². The van der Waals surface area contributed by atoms with Crippen LogP contribution in [0.1, 0.15) is 41.1 Å². The van der Waals surface area contributed by atoms with Crippen molar-refractivity contribution >= 4 is 17.6 Å². The standard InChI is InChI=1S/C16H17NO4/c1-10(9-15(18)19)12-4-6-13(7-5-12)17-16(20)14-8-3-11(2)21-14/h3-8,10H,9H2,1-2H3,(H,17,20)(H,18,19). The van der Waals surface area contributed by atoms with E-state index in [1.165, 1.54) is 0 Å². The maximum atomic E-state index is 11.9. The highest BCUT2D eigenvalue weighted by Gasteiger charge is 2.12. The summed E-state index contributed by atoms with van der Waals surface area (Å²) in [6.45, 7) is 3.63. The number of benzene rings is 1. The molecule has 5 nitrogen and oxygen atoms in total. The molecular weight excluding hydrogens is 270 g/mol. The topological polar surface area (TPSA) is 79.5 Å².